The predicted octanol–water partition coefficient (Wildman–Crippen LogP) is 6.17. The Morgan fingerprint density at radius 2 is 1.86 bits per heavy atom. The highest BCUT2D eigenvalue weighted by Gasteiger charge is 2.32. The van der Waals surface area contributed by atoms with Crippen LogP contribution in [0.15, 0.2) is 52.2 Å². The van der Waals surface area contributed by atoms with Crippen molar-refractivity contribution in [2.75, 3.05) is 26.1 Å². The summed E-state index contributed by atoms with van der Waals surface area (Å²) in [6.45, 7) is 4.81. The van der Waals surface area contributed by atoms with Gasteiger partial charge in [-0.05, 0) is 60.7 Å². The molecule has 0 spiro atoms. The van der Waals surface area contributed by atoms with Crippen molar-refractivity contribution in [1.82, 2.24) is 9.47 Å². The maximum absolute atomic E-state index is 13.6. The number of methoxy groups -OCH3 is 2. The standard InChI is InChI=1S/C31H31ClN4O4S2/c1-5-13-35-28(34-18-21-8-6-7-9-24(21)32)22(19(2)23(17-33)29(35)37)16-27-30(38)36(31(41)42-27)14-12-20-10-11-25(39-3)26(15-20)40-4/h6-11,15-16,34H,5,12-14,18H2,1-4H3/b27-16+. The summed E-state index contributed by atoms with van der Waals surface area (Å²) in [6.07, 6.45) is 2.96. The summed E-state index contributed by atoms with van der Waals surface area (Å²) in [5.74, 6) is 1.54. The van der Waals surface area contributed by atoms with Crippen LogP contribution < -0.4 is 20.3 Å². The largest absolute Gasteiger partial charge is 0.493 e. The summed E-state index contributed by atoms with van der Waals surface area (Å²) in [5, 5.41) is 13.8. The van der Waals surface area contributed by atoms with Gasteiger partial charge in [-0.2, -0.15) is 5.26 Å². The lowest BCUT2D eigenvalue weighted by Crippen LogP contribution is -2.30. The molecule has 1 saturated heterocycles. The minimum Gasteiger partial charge on any atom is -0.493 e. The predicted molar refractivity (Wildman–Crippen MR) is 172 cm³/mol. The first-order chi connectivity index (χ1) is 20.2. The van der Waals surface area contributed by atoms with E-state index in [1.807, 2.05) is 43.3 Å². The molecular weight excluding hydrogens is 592 g/mol. The van der Waals surface area contributed by atoms with E-state index in [2.05, 4.69) is 11.4 Å². The van der Waals surface area contributed by atoms with Crippen LogP contribution in [0.5, 0.6) is 11.5 Å². The van der Waals surface area contributed by atoms with E-state index >= 15 is 0 Å². The van der Waals surface area contributed by atoms with Gasteiger partial charge in [-0.15, -0.1) is 0 Å². The van der Waals surface area contributed by atoms with E-state index in [-0.39, 0.29) is 17.0 Å². The van der Waals surface area contributed by atoms with E-state index in [0.29, 0.717) is 75.2 Å². The average molecular weight is 623 g/mol. The van der Waals surface area contributed by atoms with E-state index in [0.717, 1.165) is 11.1 Å². The van der Waals surface area contributed by atoms with Crippen LogP contribution in [0.25, 0.3) is 6.08 Å². The van der Waals surface area contributed by atoms with Gasteiger partial charge < -0.3 is 14.8 Å². The maximum Gasteiger partial charge on any atom is 0.270 e. The van der Waals surface area contributed by atoms with Crippen LogP contribution in [0.4, 0.5) is 5.82 Å². The van der Waals surface area contributed by atoms with Crippen LogP contribution in [0.2, 0.25) is 5.02 Å². The fourth-order valence-electron chi connectivity index (χ4n) is 4.71. The fraction of sp³-hybridized carbons (Fsp3) is 0.290. The van der Waals surface area contributed by atoms with Gasteiger partial charge in [0.1, 0.15) is 21.8 Å². The van der Waals surface area contributed by atoms with Gasteiger partial charge in [0.25, 0.3) is 11.5 Å². The number of pyridine rings is 1. The molecule has 218 valence electrons. The van der Waals surface area contributed by atoms with Gasteiger partial charge in [-0.3, -0.25) is 19.1 Å². The van der Waals surface area contributed by atoms with Gasteiger partial charge in [-0.1, -0.05) is 66.8 Å². The smallest absolute Gasteiger partial charge is 0.270 e. The van der Waals surface area contributed by atoms with Crippen molar-refractivity contribution in [2.24, 2.45) is 0 Å². The summed E-state index contributed by atoms with van der Waals surface area (Å²) < 4.78 is 12.7. The minimum absolute atomic E-state index is 0.0434. The number of thioether (sulfide) groups is 1. The van der Waals surface area contributed by atoms with Crippen molar-refractivity contribution in [2.45, 2.75) is 39.8 Å². The van der Waals surface area contributed by atoms with E-state index in [1.165, 1.54) is 11.8 Å². The third-order valence-electron chi connectivity index (χ3n) is 6.95. The monoisotopic (exact) mass is 622 g/mol. The molecule has 1 N–H and O–H groups in total. The number of hydrogen-bond acceptors (Lipinski definition) is 8. The number of ether oxygens (including phenoxy) is 2. The number of hydrogen-bond donors (Lipinski definition) is 1. The maximum atomic E-state index is 13.6. The number of benzene rings is 2. The molecule has 42 heavy (non-hydrogen) atoms. The van der Waals surface area contributed by atoms with E-state index < -0.39 is 0 Å². The third-order valence-corrected chi connectivity index (χ3v) is 8.69. The van der Waals surface area contributed by atoms with Gasteiger partial charge in [-0.25, -0.2) is 0 Å². The second-order valence-corrected chi connectivity index (χ2v) is 11.6. The van der Waals surface area contributed by atoms with Crippen LogP contribution in [0, 0.1) is 18.3 Å². The number of anilines is 1. The van der Waals surface area contributed by atoms with Crippen LogP contribution >= 0.6 is 35.6 Å². The summed E-state index contributed by atoms with van der Waals surface area (Å²) >= 11 is 13.2. The zero-order valence-corrected chi connectivity index (χ0v) is 26.2. The van der Waals surface area contributed by atoms with Crippen molar-refractivity contribution < 1.29 is 14.3 Å². The first-order valence-corrected chi connectivity index (χ1v) is 14.9. The van der Waals surface area contributed by atoms with Gasteiger partial charge in [0, 0.05) is 30.2 Å². The molecule has 0 atom stereocenters. The van der Waals surface area contributed by atoms with Gasteiger partial charge in [0.05, 0.1) is 19.1 Å². The lowest BCUT2D eigenvalue weighted by Gasteiger charge is -2.20. The number of carbonyl (C=O) groups is 1. The summed E-state index contributed by atoms with van der Waals surface area (Å²) in [6, 6.07) is 15.1. The van der Waals surface area contributed by atoms with Crippen molar-refractivity contribution in [1.29, 1.82) is 5.26 Å². The number of amides is 1. The highest BCUT2D eigenvalue weighted by atomic mass is 35.5. The molecule has 1 aromatic heterocycles. The number of thiocarbonyl (C=S) groups is 1. The summed E-state index contributed by atoms with van der Waals surface area (Å²) in [4.78, 5) is 28.9. The van der Waals surface area contributed by atoms with E-state index in [4.69, 9.17) is 33.3 Å². The number of halogens is 1. The Hall–Kier alpha value is -3.78. The molecule has 4 rings (SSSR count). The third kappa shape index (κ3) is 6.49. The second-order valence-electron chi connectivity index (χ2n) is 9.55. The van der Waals surface area contributed by atoms with E-state index in [9.17, 15) is 14.9 Å². The summed E-state index contributed by atoms with van der Waals surface area (Å²) in [5.41, 5.74) is 2.57. The van der Waals surface area contributed by atoms with E-state index in [1.54, 1.807) is 42.8 Å². The molecule has 0 radical (unpaired) electrons. The molecule has 1 amide bonds. The zero-order valence-electron chi connectivity index (χ0n) is 23.8. The topological polar surface area (TPSA) is 96.6 Å². The molecule has 1 aliphatic heterocycles. The molecule has 0 unspecified atom stereocenters. The van der Waals surface area contributed by atoms with Crippen molar-refractivity contribution in [3.05, 3.63) is 90.6 Å². The highest BCUT2D eigenvalue weighted by Crippen LogP contribution is 2.36. The van der Waals surface area contributed by atoms with Gasteiger partial charge in [0.15, 0.2) is 11.5 Å². The van der Waals surface area contributed by atoms with Crippen molar-refractivity contribution in [3.8, 4) is 17.6 Å². The van der Waals surface area contributed by atoms with Crippen molar-refractivity contribution in [3.63, 3.8) is 0 Å². The molecule has 1 aliphatic rings. The molecule has 1 fully saturated rings. The lowest BCUT2D eigenvalue weighted by atomic mass is 10.0. The molecule has 0 saturated carbocycles. The normalized spacial score (nSPS) is 13.9. The molecule has 2 heterocycles. The van der Waals surface area contributed by atoms with Gasteiger partial charge >= 0.3 is 0 Å². The number of aromatic nitrogens is 1. The van der Waals surface area contributed by atoms with Crippen LogP contribution in [-0.4, -0.2) is 40.5 Å². The summed E-state index contributed by atoms with van der Waals surface area (Å²) in [7, 11) is 3.16. The Balaban J connectivity index is 1.69. The molecule has 0 bridgehead atoms. The van der Waals surface area contributed by atoms with Gasteiger partial charge in [0.2, 0.25) is 0 Å². The molecule has 8 nitrogen and oxygen atoms in total. The quantitative estimate of drug-likeness (QED) is 0.200. The molecule has 11 heteroatoms. The second kappa shape index (κ2) is 13.9. The first kappa shape index (κ1) is 31.2. The number of nitrogens with one attached hydrogen (secondary N) is 1. The van der Waals surface area contributed by atoms with Crippen LogP contribution in [0.1, 0.15) is 41.2 Å². The molecule has 2 aromatic carbocycles. The molecule has 0 aliphatic carbocycles. The fourth-order valence-corrected chi connectivity index (χ4v) is 6.20. The Morgan fingerprint density at radius 3 is 2.52 bits per heavy atom. The van der Waals surface area contributed by atoms with Crippen LogP contribution in [-0.2, 0) is 24.3 Å². The van der Waals surface area contributed by atoms with Crippen molar-refractivity contribution >= 4 is 57.7 Å². The average Bonchev–Trinajstić information content (AvgIpc) is 3.26. The minimum atomic E-state index is -0.377. The Bertz CT molecular complexity index is 1660. The number of nitrogens with zero attached hydrogens (tertiary/aromatic N) is 3. The molecule has 3 aromatic rings. The number of nitriles is 1. The Morgan fingerprint density at radius 1 is 1.12 bits per heavy atom. The first-order valence-electron chi connectivity index (χ1n) is 13.3. The Labute approximate surface area is 259 Å². The number of rotatable bonds is 11. The number of carbonyl (C=O) groups excluding carboxylic acids is 1. The lowest BCUT2D eigenvalue weighted by molar-refractivity contribution is -0.122. The highest BCUT2D eigenvalue weighted by molar-refractivity contribution is 8.26. The zero-order chi connectivity index (χ0) is 30.4. The SMILES string of the molecule is CCCn1c(NCc2ccccc2Cl)c(/C=C2/SC(=S)N(CCc3ccc(OC)c(OC)c3)C2=O)c(C)c(C#N)c1=O. The Kier molecular flexibility index (Phi) is 10.3. The molecular formula is C31H31ClN4O4S2. The van der Waals surface area contributed by atoms with Crippen LogP contribution in [0.3, 0.4) is 0 Å².